The number of rotatable bonds is 4. The SMILES string of the molecule is O=S(=O)([O-])c1cccc2c(S(=O)(=O)[O-])cccc12.O=S(=O)([O-])c1cccc2c(S(=O)(=O)[O-])cccc12.[Na+].[Na+].[Na+].[Na+]. The fourth-order valence-corrected chi connectivity index (χ4v) is 6.15. The average Bonchev–Trinajstić information content (AvgIpc) is 2.75. The molecule has 20 heteroatoms. The zero-order valence-corrected chi connectivity index (χ0v) is 32.7. The Balaban J connectivity index is 0. The molecule has 192 valence electrons. The molecule has 4 rings (SSSR count). The molecule has 0 fully saturated rings. The van der Waals surface area contributed by atoms with E-state index >= 15 is 0 Å². The smallest absolute Gasteiger partial charge is 0.744 e. The van der Waals surface area contributed by atoms with Crippen LogP contribution < -0.4 is 118 Å². The van der Waals surface area contributed by atoms with Gasteiger partial charge in [-0.1, -0.05) is 48.5 Å². The van der Waals surface area contributed by atoms with Crippen LogP contribution in [-0.2, 0) is 40.5 Å². The molecule has 0 amide bonds. The molecule has 0 N–H and O–H groups in total. The Morgan fingerprint density at radius 1 is 0.325 bits per heavy atom. The topological polar surface area (TPSA) is 229 Å². The standard InChI is InChI=1S/2C10H8O6S2.4Na/c2*11-17(12,13)9-5-1-3-7-8(9)4-2-6-10(7)18(14,15)16;;;;/h2*1-6H,(H,11,12,13)(H,14,15,16);;;;/q;;4*+1/p-4. The van der Waals surface area contributed by atoms with Gasteiger partial charge in [-0.15, -0.1) is 0 Å². The van der Waals surface area contributed by atoms with E-state index in [1.165, 1.54) is 48.5 Å². The van der Waals surface area contributed by atoms with Crippen molar-refractivity contribution in [1.82, 2.24) is 0 Å². The molecule has 12 nitrogen and oxygen atoms in total. The molecule has 40 heavy (non-hydrogen) atoms. The molecule has 0 saturated carbocycles. The van der Waals surface area contributed by atoms with Crippen LogP contribution in [0.4, 0.5) is 0 Å². The summed E-state index contributed by atoms with van der Waals surface area (Å²) in [5, 5.41) is -0.317. The molecule has 0 aromatic heterocycles. The summed E-state index contributed by atoms with van der Waals surface area (Å²) < 4.78 is 132. The largest absolute Gasteiger partial charge is 1.00 e. The fraction of sp³-hybridized carbons (Fsp3) is 0. The number of fused-ring (bicyclic) bond motifs is 2. The summed E-state index contributed by atoms with van der Waals surface area (Å²) in [5.41, 5.74) is 0. The van der Waals surface area contributed by atoms with E-state index in [-0.39, 0.29) is 140 Å². The minimum atomic E-state index is -4.74. The molecule has 0 bridgehead atoms. The van der Waals surface area contributed by atoms with E-state index in [0.717, 1.165) is 24.3 Å². The van der Waals surface area contributed by atoms with Gasteiger partial charge in [-0.05, 0) is 24.3 Å². The Morgan fingerprint density at radius 3 is 0.600 bits per heavy atom. The van der Waals surface area contributed by atoms with Crippen molar-refractivity contribution in [1.29, 1.82) is 0 Å². The second-order valence-electron chi connectivity index (χ2n) is 7.03. The summed E-state index contributed by atoms with van der Waals surface area (Å²) in [4.78, 5) is -2.20. The van der Waals surface area contributed by atoms with Crippen molar-refractivity contribution in [2.75, 3.05) is 0 Å². The predicted octanol–water partition coefficient (Wildman–Crippen LogP) is -10.7. The molecule has 0 aliphatic carbocycles. The monoisotopic (exact) mass is 664 g/mol. The summed E-state index contributed by atoms with van der Waals surface area (Å²) in [6.45, 7) is 0. The van der Waals surface area contributed by atoms with Crippen LogP contribution in [0.3, 0.4) is 0 Å². The maximum atomic E-state index is 11.0. The molecule has 4 aromatic carbocycles. The van der Waals surface area contributed by atoms with E-state index in [4.69, 9.17) is 0 Å². The summed E-state index contributed by atoms with van der Waals surface area (Å²) in [7, 11) is -19.0. The molecule has 0 radical (unpaired) electrons. The van der Waals surface area contributed by atoms with Crippen molar-refractivity contribution < 1.29 is 170 Å². The van der Waals surface area contributed by atoms with E-state index in [9.17, 15) is 51.9 Å². The third-order valence-electron chi connectivity index (χ3n) is 4.76. The molecule has 0 aliphatic rings. The van der Waals surface area contributed by atoms with Crippen LogP contribution in [0.1, 0.15) is 0 Å². The number of benzene rings is 4. The third kappa shape index (κ3) is 10.6. The Bertz CT molecular complexity index is 1660. The zero-order chi connectivity index (χ0) is 27.1. The van der Waals surface area contributed by atoms with Crippen molar-refractivity contribution in [3.05, 3.63) is 72.8 Å². The normalized spacial score (nSPS) is 11.5. The maximum absolute atomic E-state index is 11.0. The molecule has 0 aliphatic heterocycles. The van der Waals surface area contributed by atoms with Crippen molar-refractivity contribution in [2.45, 2.75) is 19.6 Å². The summed E-state index contributed by atoms with van der Waals surface area (Å²) in [6.07, 6.45) is 0. The zero-order valence-electron chi connectivity index (χ0n) is 21.5. The Morgan fingerprint density at radius 2 is 0.475 bits per heavy atom. The van der Waals surface area contributed by atoms with Gasteiger partial charge in [0, 0.05) is 21.5 Å². The molecule has 4 aromatic rings. The van der Waals surface area contributed by atoms with Gasteiger partial charge in [-0.3, -0.25) is 0 Å². The van der Waals surface area contributed by atoms with Crippen molar-refractivity contribution in [3.63, 3.8) is 0 Å². The van der Waals surface area contributed by atoms with Crippen LogP contribution in [0.25, 0.3) is 21.5 Å². The van der Waals surface area contributed by atoms with Gasteiger partial charge < -0.3 is 18.2 Å². The van der Waals surface area contributed by atoms with Gasteiger partial charge in [0.25, 0.3) is 0 Å². The maximum Gasteiger partial charge on any atom is 1.00 e. The molecule has 0 spiro atoms. The minimum absolute atomic E-state index is 0. The van der Waals surface area contributed by atoms with Gasteiger partial charge in [0.1, 0.15) is 40.5 Å². The molecular weight excluding hydrogens is 652 g/mol. The van der Waals surface area contributed by atoms with E-state index in [1.54, 1.807) is 0 Å². The quantitative estimate of drug-likeness (QED) is 0.146. The molecule has 0 heterocycles. The van der Waals surface area contributed by atoms with E-state index in [0.29, 0.717) is 0 Å². The van der Waals surface area contributed by atoms with E-state index in [2.05, 4.69) is 0 Å². The average molecular weight is 665 g/mol. The van der Waals surface area contributed by atoms with Crippen LogP contribution in [0, 0.1) is 0 Å². The van der Waals surface area contributed by atoms with Crippen molar-refractivity contribution in [3.8, 4) is 0 Å². The molecule has 0 saturated heterocycles. The van der Waals surface area contributed by atoms with Crippen molar-refractivity contribution in [2.24, 2.45) is 0 Å². The Kier molecular flexibility index (Phi) is 17.7. The first-order valence-corrected chi connectivity index (χ1v) is 14.9. The second-order valence-corrected chi connectivity index (χ2v) is 12.4. The first-order valence-electron chi connectivity index (χ1n) is 9.29. The summed E-state index contributed by atoms with van der Waals surface area (Å²) >= 11 is 0. The van der Waals surface area contributed by atoms with Gasteiger partial charge in [-0.25, -0.2) is 33.7 Å². The van der Waals surface area contributed by atoms with E-state index < -0.39 is 60.1 Å². The first-order chi connectivity index (χ1) is 16.4. The van der Waals surface area contributed by atoms with Gasteiger partial charge in [0.05, 0.1) is 19.6 Å². The van der Waals surface area contributed by atoms with Crippen LogP contribution >= 0.6 is 0 Å². The van der Waals surface area contributed by atoms with Crippen LogP contribution in [0.15, 0.2) is 92.4 Å². The number of hydrogen-bond donors (Lipinski definition) is 0. The molecule has 0 atom stereocenters. The Labute approximate surface area is 319 Å². The van der Waals surface area contributed by atoms with Gasteiger partial charge >= 0.3 is 118 Å². The van der Waals surface area contributed by atoms with Crippen LogP contribution in [-0.4, -0.2) is 51.9 Å². The molecular formula is C20H12Na4O12S4. The van der Waals surface area contributed by atoms with Gasteiger partial charge in [0.15, 0.2) is 0 Å². The van der Waals surface area contributed by atoms with E-state index in [1.807, 2.05) is 0 Å². The van der Waals surface area contributed by atoms with Gasteiger partial charge in [-0.2, -0.15) is 0 Å². The summed E-state index contributed by atoms with van der Waals surface area (Å²) in [6, 6.07) is 14.2. The Hall–Kier alpha value is 1.04. The fourth-order valence-electron chi connectivity index (χ4n) is 3.38. The minimum Gasteiger partial charge on any atom is -0.744 e. The van der Waals surface area contributed by atoms with Crippen LogP contribution in [0.5, 0.6) is 0 Å². The number of hydrogen-bond acceptors (Lipinski definition) is 12. The molecule has 0 unspecified atom stereocenters. The van der Waals surface area contributed by atoms with Gasteiger partial charge in [0.2, 0.25) is 0 Å². The predicted molar refractivity (Wildman–Crippen MR) is 120 cm³/mol. The summed E-state index contributed by atoms with van der Waals surface area (Å²) in [5.74, 6) is 0. The first kappa shape index (κ1) is 43.2. The van der Waals surface area contributed by atoms with Crippen LogP contribution in [0.2, 0.25) is 0 Å². The third-order valence-corrected chi connectivity index (χ3v) is 8.34. The second kappa shape index (κ2) is 16.4. The van der Waals surface area contributed by atoms with Crippen molar-refractivity contribution >= 4 is 62.0 Å².